The highest BCUT2D eigenvalue weighted by atomic mass is 16.5. The van der Waals surface area contributed by atoms with E-state index in [-0.39, 0.29) is 6.10 Å². The van der Waals surface area contributed by atoms with Crippen LogP contribution in [0.15, 0.2) is 12.1 Å². The molecule has 2 fully saturated rings. The summed E-state index contributed by atoms with van der Waals surface area (Å²) in [6.07, 6.45) is 8.76. The number of aliphatic hydroxyl groups excluding tert-OH is 1. The minimum absolute atomic E-state index is 0.313. The summed E-state index contributed by atoms with van der Waals surface area (Å²) in [6.45, 7) is 2.38. The van der Waals surface area contributed by atoms with E-state index in [9.17, 15) is 5.11 Å². The maximum atomic E-state index is 10.7. The number of hydrogen-bond acceptors (Lipinski definition) is 2. The van der Waals surface area contributed by atoms with Crippen molar-refractivity contribution in [2.45, 2.75) is 63.9 Å². The van der Waals surface area contributed by atoms with Crippen molar-refractivity contribution < 1.29 is 9.84 Å². The third kappa shape index (κ3) is 1.96. The Kier molecular flexibility index (Phi) is 3.48. The van der Waals surface area contributed by atoms with Crippen molar-refractivity contribution in [3.63, 3.8) is 0 Å². The monoisotopic (exact) mass is 299 g/mol. The molecule has 0 saturated heterocycles. The number of ether oxygens (including phenoxy) is 1. The Morgan fingerprint density at radius 2 is 2.18 bits per heavy atom. The number of fused-ring (bicyclic) bond motifs is 5. The molecule has 1 radical (unpaired) electrons. The van der Waals surface area contributed by atoms with E-state index in [1.165, 1.54) is 44.1 Å². The van der Waals surface area contributed by atoms with Crippen molar-refractivity contribution in [1.29, 1.82) is 0 Å². The van der Waals surface area contributed by atoms with Gasteiger partial charge < -0.3 is 9.84 Å². The number of aliphatic hydroxyl groups is 1. The molecule has 1 aromatic rings. The Bertz CT molecular complexity index is 567. The normalized spacial score (nSPS) is 39.8. The van der Waals surface area contributed by atoms with Gasteiger partial charge in [-0.3, -0.25) is 0 Å². The van der Waals surface area contributed by atoms with E-state index in [0.29, 0.717) is 17.3 Å². The van der Waals surface area contributed by atoms with Crippen LogP contribution in [0.2, 0.25) is 0 Å². The van der Waals surface area contributed by atoms with E-state index in [4.69, 9.17) is 4.74 Å². The molecule has 1 N–H and O–H groups in total. The molecule has 119 valence electrons. The van der Waals surface area contributed by atoms with Crippen LogP contribution in [-0.4, -0.2) is 12.2 Å². The quantitative estimate of drug-likeness (QED) is 0.863. The van der Waals surface area contributed by atoms with Crippen LogP contribution in [0.1, 0.15) is 75.0 Å². The molecule has 22 heavy (non-hydrogen) atoms. The second kappa shape index (κ2) is 5.26. The lowest BCUT2D eigenvalue weighted by Gasteiger charge is -2.51. The van der Waals surface area contributed by atoms with Gasteiger partial charge in [0.2, 0.25) is 0 Å². The summed E-state index contributed by atoms with van der Waals surface area (Å²) in [4.78, 5) is 0. The third-order valence-electron chi connectivity index (χ3n) is 7.13. The second-order valence-electron chi connectivity index (χ2n) is 7.69. The van der Waals surface area contributed by atoms with Gasteiger partial charge in [0.1, 0.15) is 5.75 Å². The third-order valence-corrected chi connectivity index (χ3v) is 7.13. The van der Waals surface area contributed by atoms with Crippen LogP contribution in [0.5, 0.6) is 5.75 Å². The van der Waals surface area contributed by atoms with Crippen LogP contribution in [0, 0.1) is 23.3 Å². The minimum atomic E-state index is -0.313. The Morgan fingerprint density at radius 1 is 1.32 bits per heavy atom. The number of methoxy groups -OCH3 is 1. The molecule has 0 aliphatic heterocycles. The van der Waals surface area contributed by atoms with Crippen molar-refractivity contribution in [3.05, 3.63) is 29.3 Å². The fraction of sp³-hybridized carbons (Fsp3) is 0.700. The van der Waals surface area contributed by atoms with Crippen molar-refractivity contribution >= 4 is 0 Å². The fourth-order valence-corrected chi connectivity index (χ4v) is 6.02. The molecule has 2 saturated carbocycles. The van der Waals surface area contributed by atoms with Crippen molar-refractivity contribution in [2.24, 2.45) is 17.3 Å². The summed E-state index contributed by atoms with van der Waals surface area (Å²) >= 11 is 0. The summed E-state index contributed by atoms with van der Waals surface area (Å²) < 4.78 is 5.39. The Labute approximate surface area is 133 Å². The summed E-state index contributed by atoms with van der Waals surface area (Å²) in [6, 6.07) is 7.26. The highest BCUT2D eigenvalue weighted by Gasteiger charge is 2.52. The molecule has 0 aromatic heterocycles. The van der Waals surface area contributed by atoms with E-state index >= 15 is 0 Å². The standard InChI is InChI=1S/C20H27O2/c1-3-20-9-4-5-18(20)17-12-19(21)15-7-6-13(22-2)11-16(15)14(17)8-10-20/h7,11,14,17-19,21H,3-5,8-10,12H2,1-2H3/t14-,17-,18+,19?,20+/m1/s1. The van der Waals surface area contributed by atoms with Crippen molar-refractivity contribution in [2.75, 3.05) is 7.11 Å². The molecule has 0 heterocycles. The molecular formula is C20H27O2. The molecule has 1 unspecified atom stereocenters. The Hall–Kier alpha value is -1.02. The topological polar surface area (TPSA) is 29.5 Å². The largest absolute Gasteiger partial charge is 0.496 e. The first-order valence-electron chi connectivity index (χ1n) is 8.96. The van der Waals surface area contributed by atoms with Gasteiger partial charge in [0.05, 0.1) is 13.2 Å². The maximum absolute atomic E-state index is 10.7. The summed E-state index contributed by atoms with van der Waals surface area (Å²) in [7, 11) is 1.70. The fourth-order valence-electron chi connectivity index (χ4n) is 6.02. The van der Waals surface area contributed by atoms with Crippen LogP contribution >= 0.6 is 0 Å². The van der Waals surface area contributed by atoms with Crippen LogP contribution in [0.4, 0.5) is 0 Å². The number of hydrogen-bond donors (Lipinski definition) is 1. The van der Waals surface area contributed by atoms with Gasteiger partial charge in [0.25, 0.3) is 0 Å². The van der Waals surface area contributed by atoms with E-state index in [2.05, 4.69) is 19.1 Å². The minimum Gasteiger partial charge on any atom is -0.496 e. The SMILES string of the molecule is CC[C@@]12CCC[C@H]1[C@@H]1CC(O)c3c[c]c(OC)cc3[C@H]1CC2. The Morgan fingerprint density at radius 3 is 2.95 bits per heavy atom. The highest BCUT2D eigenvalue weighted by Crippen LogP contribution is 2.63. The highest BCUT2D eigenvalue weighted by molar-refractivity contribution is 5.41. The van der Waals surface area contributed by atoms with Gasteiger partial charge in [-0.25, -0.2) is 0 Å². The van der Waals surface area contributed by atoms with E-state index in [0.717, 1.165) is 23.7 Å². The van der Waals surface area contributed by atoms with Gasteiger partial charge in [0, 0.05) is 6.07 Å². The van der Waals surface area contributed by atoms with Crippen LogP contribution < -0.4 is 4.74 Å². The average Bonchev–Trinajstić information content (AvgIpc) is 2.99. The molecule has 3 aliphatic rings. The first-order chi connectivity index (χ1) is 10.7. The molecule has 5 atom stereocenters. The van der Waals surface area contributed by atoms with Gasteiger partial charge in [-0.15, -0.1) is 0 Å². The van der Waals surface area contributed by atoms with Gasteiger partial charge in [0.15, 0.2) is 0 Å². The zero-order valence-electron chi connectivity index (χ0n) is 13.8. The Balaban J connectivity index is 1.74. The zero-order chi connectivity index (χ0) is 15.3. The van der Waals surface area contributed by atoms with Crippen molar-refractivity contribution in [1.82, 2.24) is 0 Å². The maximum Gasteiger partial charge on any atom is 0.127 e. The van der Waals surface area contributed by atoms with Gasteiger partial charge >= 0.3 is 0 Å². The van der Waals surface area contributed by atoms with Gasteiger partial charge in [-0.05, 0) is 78.5 Å². The van der Waals surface area contributed by atoms with Gasteiger partial charge in [-0.2, -0.15) is 0 Å². The first-order valence-corrected chi connectivity index (χ1v) is 8.96. The first kappa shape index (κ1) is 14.6. The van der Waals surface area contributed by atoms with E-state index in [1.807, 2.05) is 6.07 Å². The zero-order valence-corrected chi connectivity index (χ0v) is 13.8. The van der Waals surface area contributed by atoms with Gasteiger partial charge in [-0.1, -0.05) is 19.8 Å². The molecule has 1 aromatic carbocycles. The predicted octanol–water partition coefficient (Wildman–Crippen LogP) is 4.62. The van der Waals surface area contributed by atoms with Crippen molar-refractivity contribution in [3.8, 4) is 5.75 Å². The molecule has 0 spiro atoms. The molecule has 3 aliphatic carbocycles. The molecule has 2 nitrogen and oxygen atoms in total. The van der Waals surface area contributed by atoms with Crippen LogP contribution in [0.3, 0.4) is 0 Å². The summed E-state index contributed by atoms with van der Waals surface area (Å²) in [5.74, 6) is 2.90. The molecule has 2 heteroatoms. The molecule has 4 rings (SSSR count). The number of benzene rings is 1. The molecule has 0 amide bonds. The lowest BCUT2D eigenvalue weighted by atomic mass is 9.54. The lowest BCUT2D eigenvalue weighted by molar-refractivity contribution is 0.00605. The smallest absolute Gasteiger partial charge is 0.127 e. The predicted molar refractivity (Wildman–Crippen MR) is 86.9 cm³/mol. The number of rotatable bonds is 2. The van der Waals surface area contributed by atoms with E-state index in [1.54, 1.807) is 7.11 Å². The molecule has 0 bridgehead atoms. The summed E-state index contributed by atoms with van der Waals surface area (Å²) in [5.41, 5.74) is 3.02. The van der Waals surface area contributed by atoms with E-state index < -0.39 is 0 Å². The van der Waals surface area contributed by atoms with Crippen LogP contribution in [-0.2, 0) is 0 Å². The molecular weight excluding hydrogens is 272 g/mol. The second-order valence-corrected chi connectivity index (χ2v) is 7.69. The van der Waals surface area contributed by atoms with Crippen LogP contribution in [0.25, 0.3) is 0 Å². The lowest BCUT2D eigenvalue weighted by Crippen LogP contribution is -2.41. The summed E-state index contributed by atoms with van der Waals surface area (Å²) in [5, 5.41) is 10.7. The average molecular weight is 299 g/mol.